The fourth-order valence-electron chi connectivity index (χ4n) is 2.27. The van der Waals surface area contributed by atoms with E-state index in [2.05, 4.69) is 50.3 Å². The smallest absolute Gasteiger partial charge is 0.120 e. The molecule has 0 heterocycles. The van der Waals surface area contributed by atoms with Crippen LogP contribution in [0.15, 0.2) is 36.4 Å². The Morgan fingerprint density at radius 3 is 2.53 bits per heavy atom. The van der Waals surface area contributed by atoms with Crippen molar-refractivity contribution in [2.24, 2.45) is 5.92 Å². The van der Waals surface area contributed by atoms with Crippen molar-refractivity contribution in [3.8, 4) is 0 Å². The molecule has 0 bridgehead atoms. The van der Waals surface area contributed by atoms with Crippen molar-refractivity contribution in [2.75, 3.05) is 0 Å². The monoisotopic (exact) mass is 258 g/mol. The first kappa shape index (κ1) is 15.7. The minimum Gasteiger partial charge on any atom is -0.303 e. The molecule has 0 spiro atoms. The van der Waals surface area contributed by atoms with E-state index in [-0.39, 0.29) is 0 Å². The largest absolute Gasteiger partial charge is 0.303 e. The minimum atomic E-state index is 0.420. The van der Waals surface area contributed by atoms with Crippen molar-refractivity contribution in [2.45, 2.75) is 52.4 Å². The van der Waals surface area contributed by atoms with E-state index in [4.69, 9.17) is 0 Å². The van der Waals surface area contributed by atoms with Crippen LogP contribution in [0.25, 0.3) is 0 Å². The molecule has 19 heavy (non-hydrogen) atoms. The van der Waals surface area contributed by atoms with Gasteiger partial charge < -0.3 is 4.79 Å². The van der Waals surface area contributed by atoms with Gasteiger partial charge in [0, 0.05) is 6.42 Å². The van der Waals surface area contributed by atoms with E-state index in [0.717, 1.165) is 25.5 Å². The van der Waals surface area contributed by atoms with Crippen molar-refractivity contribution >= 4 is 6.29 Å². The van der Waals surface area contributed by atoms with E-state index in [1.54, 1.807) is 0 Å². The molecule has 0 amide bonds. The zero-order valence-corrected chi connectivity index (χ0v) is 12.3. The molecule has 0 aliphatic rings. The summed E-state index contributed by atoms with van der Waals surface area (Å²) < 4.78 is 0. The van der Waals surface area contributed by atoms with Gasteiger partial charge in [0.25, 0.3) is 0 Å². The average Bonchev–Trinajstić information content (AvgIpc) is 2.43. The van der Waals surface area contributed by atoms with Crippen LogP contribution in [0.5, 0.6) is 0 Å². The van der Waals surface area contributed by atoms with Gasteiger partial charge in [-0.3, -0.25) is 0 Å². The van der Waals surface area contributed by atoms with E-state index in [9.17, 15) is 4.79 Å². The highest BCUT2D eigenvalue weighted by molar-refractivity contribution is 5.50. The van der Waals surface area contributed by atoms with Crippen LogP contribution >= 0.6 is 0 Å². The van der Waals surface area contributed by atoms with Crippen LogP contribution in [0, 0.1) is 5.92 Å². The SMILES string of the molecule is CCCc1cccc(CC/C=C/C(CC)CC=O)c1. The molecule has 1 heteroatoms. The van der Waals surface area contributed by atoms with Gasteiger partial charge in [-0.2, -0.15) is 0 Å². The van der Waals surface area contributed by atoms with Crippen molar-refractivity contribution in [3.63, 3.8) is 0 Å². The number of benzene rings is 1. The zero-order valence-electron chi connectivity index (χ0n) is 12.3. The Morgan fingerprint density at radius 1 is 1.16 bits per heavy atom. The molecule has 1 unspecified atom stereocenters. The van der Waals surface area contributed by atoms with Gasteiger partial charge in [0.15, 0.2) is 0 Å². The van der Waals surface area contributed by atoms with Gasteiger partial charge in [0.2, 0.25) is 0 Å². The van der Waals surface area contributed by atoms with Crippen LogP contribution in [0.4, 0.5) is 0 Å². The number of hydrogen-bond acceptors (Lipinski definition) is 1. The number of hydrogen-bond donors (Lipinski definition) is 0. The number of aldehydes is 1. The normalized spacial score (nSPS) is 12.7. The Labute approximate surface area is 117 Å². The summed E-state index contributed by atoms with van der Waals surface area (Å²) >= 11 is 0. The van der Waals surface area contributed by atoms with E-state index < -0.39 is 0 Å². The van der Waals surface area contributed by atoms with Crippen LogP contribution in [0.1, 0.15) is 50.7 Å². The van der Waals surface area contributed by atoms with Crippen LogP contribution in [-0.2, 0) is 17.6 Å². The summed E-state index contributed by atoms with van der Waals surface area (Å²) in [5.74, 6) is 0.420. The maximum absolute atomic E-state index is 10.5. The molecule has 0 saturated carbocycles. The Bertz CT molecular complexity index is 392. The van der Waals surface area contributed by atoms with Gasteiger partial charge in [0.05, 0.1) is 0 Å². The zero-order chi connectivity index (χ0) is 13.9. The Balaban J connectivity index is 2.41. The molecule has 0 saturated heterocycles. The highest BCUT2D eigenvalue weighted by Crippen LogP contribution is 2.12. The van der Waals surface area contributed by atoms with Gasteiger partial charge in [0.1, 0.15) is 6.29 Å². The van der Waals surface area contributed by atoms with Crippen molar-refractivity contribution < 1.29 is 4.79 Å². The molecule has 0 fully saturated rings. The molecule has 1 aromatic carbocycles. The molecule has 104 valence electrons. The fourth-order valence-corrected chi connectivity index (χ4v) is 2.27. The fraction of sp³-hybridized carbons (Fsp3) is 0.500. The van der Waals surface area contributed by atoms with Crippen molar-refractivity contribution in [1.82, 2.24) is 0 Å². The van der Waals surface area contributed by atoms with Gasteiger partial charge in [-0.25, -0.2) is 0 Å². The van der Waals surface area contributed by atoms with Gasteiger partial charge in [-0.05, 0) is 42.7 Å². The van der Waals surface area contributed by atoms with Crippen LogP contribution in [-0.4, -0.2) is 6.29 Å². The molecule has 1 atom stereocenters. The minimum absolute atomic E-state index is 0.420. The highest BCUT2D eigenvalue weighted by Gasteiger charge is 1.99. The first-order valence-electron chi connectivity index (χ1n) is 7.48. The first-order chi connectivity index (χ1) is 9.30. The first-order valence-corrected chi connectivity index (χ1v) is 7.48. The van der Waals surface area contributed by atoms with E-state index in [0.29, 0.717) is 12.3 Å². The molecule has 1 aromatic rings. The molecule has 0 N–H and O–H groups in total. The summed E-state index contributed by atoms with van der Waals surface area (Å²) in [6.07, 6.45) is 11.7. The predicted octanol–water partition coefficient (Wildman–Crippen LogP) is 4.74. The molecule has 0 radical (unpaired) electrons. The third kappa shape index (κ3) is 6.37. The lowest BCUT2D eigenvalue weighted by molar-refractivity contribution is -0.108. The Kier molecular flexibility index (Phi) is 7.88. The highest BCUT2D eigenvalue weighted by atomic mass is 16.1. The predicted molar refractivity (Wildman–Crippen MR) is 82.4 cm³/mol. The molecule has 0 aliphatic carbocycles. The lowest BCUT2D eigenvalue weighted by Gasteiger charge is -2.05. The van der Waals surface area contributed by atoms with Crippen LogP contribution in [0.2, 0.25) is 0 Å². The summed E-state index contributed by atoms with van der Waals surface area (Å²) in [5, 5.41) is 0. The van der Waals surface area contributed by atoms with Gasteiger partial charge in [-0.15, -0.1) is 0 Å². The van der Waals surface area contributed by atoms with E-state index >= 15 is 0 Å². The van der Waals surface area contributed by atoms with Crippen molar-refractivity contribution in [1.29, 1.82) is 0 Å². The van der Waals surface area contributed by atoms with Crippen molar-refractivity contribution in [3.05, 3.63) is 47.5 Å². The summed E-state index contributed by atoms with van der Waals surface area (Å²) in [4.78, 5) is 10.5. The maximum atomic E-state index is 10.5. The summed E-state index contributed by atoms with van der Waals surface area (Å²) in [6, 6.07) is 8.89. The number of allylic oxidation sites excluding steroid dienone is 2. The number of aryl methyl sites for hydroxylation is 2. The second-order valence-electron chi connectivity index (χ2n) is 5.11. The quantitative estimate of drug-likeness (QED) is 0.462. The molecule has 0 aromatic heterocycles. The van der Waals surface area contributed by atoms with E-state index in [1.165, 1.54) is 24.0 Å². The molecular formula is C18H26O. The lowest BCUT2D eigenvalue weighted by Crippen LogP contribution is -1.94. The number of carbonyl (C=O) groups is 1. The second kappa shape index (κ2) is 9.55. The number of rotatable bonds is 9. The standard InChI is InChI=1S/C18H26O/c1-3-8-17-11-7-12-18(15-17)10-6-5-9-16(4-2)13-14-19/h5,7,9,11-12,14-16H,3-4,6,8,10,13H2,1-2H3/b9-5+. The molecular weight excluding hydrogens is 232 g/mol. The third-order valence-corrected chi connectivity index (χ3v) is 3.46. The molecule has 0 aliphatic heterocycles. The molecule has 1 nitrogen and oxygen atoms in total. The summed E-state index contributed by atoms with van der Waals surface area (Å²) in [5.41, 5.74) is 2.86. The lowest BCUT2D eigenvalue weighted by atomic mass is 10.0. The van der Waals surface area contributed by atoms with E-state index in [1.807, 2.05) is 0 Å². The topological polar surface area (TPSA) is 17.1 Å². The summed E-state index contributed by atoms with van der Waals surface area (Å²) in [7, 11) is 0. The number of carbonyl (C=O) groups excluding carboxylic acids is 1. The third-order valence-electron chi connectivity index (χ3n) is 3.46. The Hall–Kier alpha value is -1.37. The second-order valence-corrected chi connectivity index (χ2v) is 5.11. The van der Waals surface area contributed by atoms with Crippen LogP contribution < -0.4 is 0 Å². The van der Waals surface area contributed by atoms with Gasteiger partial charge >= 0.3 is 0 Å². The maximum Gasteiger partial charge on any atom is 0.120 e. The van der Waals surface area contributed by atoms with Crippen LogP contribution in [0.3, 0.4) is 0 Å². The van der Waals surface area contributed by atoms with Gasteiger partial charge in [-0.1, -0.05) is 56.7 Å². The Morgan fingerprint density at radius 2 is 1.89 bits per heavy atom. The molecule has 1 rings (SSSR count). The average molecular weight is 258 g/mol. The summed E-state index contributed by atoms with van der Waals surface area (Å²) in [6.45, 7) is 4.35.